The third kappa shape index (κ3) is 3.11. The van der Waals surface area contributed by atoms with Crippen LogP contribution in [0.25, 0.3) is 11.1 Å². The van der Waals surface area contributed by atoms with Gasteiger partial charge in [0.2, 0.25) is 0 Å². The molecule has 0 spiro atoms. The maximum absolute atomic E-state index is 13.7. The van der Waals surface area contributed by atoms with E-state index in [9.17, 15) is 8.78 Å². The molecule has 2 aromatic carbocycles. The Hall–Kier alpha value is -1.45. The molecule has 0 aliphatic heterocycles. The van der Waals surface area contributed by atoms with Gasteiger partial charge in [0.15, 0.2) is 11.6 Å². The van der Waals surface area contributed by atoms with Crippen LogP contribution in [0, 0.1) is 11.6 Å². The molecular formula is C15H14ClF2N. The summed E-state index contributed by atoms with van der Waals surface area (Å²) in [5.74, 6) is -1.71. The average molecular weight is 282 g/mol. The van der Waals surface area contributed by atoms with Crippen molar-refractivity contribution in [2.75, 3.05) is 6.54 Å². The van der Waals surface area contributed by atoms with Crippen LogP contribution in [0.3, 0.4) is 0 Å². The molecule has 0 radical (unpaired) electrons. The maximum atomic E-state index is 13.7. The van der Waals surface area contributed by atoms with Crippen molar-refractivity contribution in [2.24, 2.45) is 0 Å². The van der Waals surface area contributed by atoms with Gasteiger partial charge in [-0.25, -0.2) is 8.78 Å². The second kappa shape index (κ2) is 6.13. The second-order valence-corrected chi connectivity index (χ2v) is 4.60. The second-order valence-electron chi connectivity index (χ2n) is 4.19. The van der Waals surface area contributed by atoms with Crippen molar-refractivity contribution < 1.29 is 8.78 Å². The molecular weight excluding hydrogens is 268 g/mol. The topological polar surface area (TPSA) is 12.0 Å². The van der Waals surface area contributed by atoms with Crippen LogP contribution in [0.5, 0.6) is 0 Å². The van der Waals surface area contributed by atoms with Crippen molar-refractivity contribution in [3.05, 3.63) is 58.6 Å². The Kier molecular flexibility index (Phi) is 4.51. The first-order chi connectivity index (χ1) is 9.13. The van der Waals surface area contributed by atoms with Crippen molar-refractivity contribution in [2.45, 2.75) is 13.5 Å². The number of halogens is 3. The van der Waals surface area contributed by atoms with Crippen LogP contribution < -0.4 is 5.32 Å². The van der Waals surface area contributed by atoms with Crippen molar-refractivity contribution in [1.29, 1.82) is 0 Å². The van der Waals surface area contributed by atoms with Gasteiger partial charge in [-0.3, -0.25) is 0 Å². The lowest BCUT2D eigenvalue weighted by Gasteiger charge is -2.09. The number of rotatable bonds is 4. The van der Waals surface area contributed by atoms with Gasteiger partial charge in [0.05, 0.1) is 0 Å². The van der Waals surface area contributed by atoms with Crippen molar-refractivity contribution in [3.63, 3.8) is 0 Å². The Morgan fingerprint density at radius 2 is 1.95 bits per heavy atom. The average Bonchev–Trinajstić information content (AvgIpc) is 2.40. The molecule has 0 unspecified atom stereocenters. The predicted molar refractivity (Wildman–Crippen MR) is 74.2 cm³/mol. The summed E-state index contributed by atoms with van der Waals surface area (Å²) in [6.45, 7) is 3.50. The molecule has 19 heavy (non-hydrogen) atoms. The minimum atomic E-state index is -0.856. The number of nitrogens with one attached hydrogen (secondary N) is 1. The third-order valence-electron chi connectivity index (χ3n) is 2.88. The Morgan fingerprint density at radius 1 is 1.16 bits per heavy atom. The van der Waals surface area contributed by atoms with Crippen LogP contribution in [0.1, 0.15) is 12.5 Å². The van der Waals surface area contributed by atoms with Crippen molar-refractivity contribution >= 4 is 11.6 Å². The van der Waals surface area contributed by atoms with E-state index in [0.29, 0.717) is 17.1 Å². The molecule has 0 saturated heterocycles. The van der Waals surface area contributed by atoms with Gasteiger partial charge in [-0.2, -0.15) is 0 Å². The summed E-state index contributed by atoms with van der Waals surface area (Å²) in [6, 6.07) is 9.34. The number of hydrogen-bond donors (Lipinski definition) is 1. The van der Waals surface area contributed by atoms with Gasteiger partial charge in [-0.05, 0) is 29.8 Å². The first-order valence-corrected chi connectivity index (χ1v) is 6.44. The van der Waals surface area contributed by atoms with Gasteiger partial charge >= 0.3 is 0 Å². The van der Waals surface area contributed by atoms with Gasteiger partial charge in [0.25, 0.3) is 0 Å². The van der Waals surface area contributed by atoms with E-state index in [-0.39, 0.29) is 5.56 Å². The van der Waals surface area contributed by atoms with Crippen molar-refractivity contribution in [1.82, 2.24) is 5.32 Å². The lowest BCUT2D eigenvalue weighted by atomic mass is 10.0. The fourth-order valence-corrected chi connectivity index (χ4v) is 2.09. The van der Waals surface area contributed by atoms with Gasteiger partial charge < -0.3 is 5.32 Å². The number of benzene rings is 2. The highest BCUT2D eigenvalue weighted by atomic mass is 35.5. The van der Waals surface area contributed by atoms with Crippen LogP contribution in [-0.2, 0) is 6.54 Å². The summed E-state index contributed by atoms with van der Waals surface area (Å²) in [6.07, 6.45) is 0. The molecule has 0 fully saturated rings. The minimum Gasteiger partial charge on any atom is -0.313 e. The van der Waals surface area contributed by atoms with E-state index in [1.165, 1.54) is 12.1 Å². The Balaban J connectivity index is 2.36. The zero-order chi connectivity index (χ0) is 13.8. The molecule has 0 saturated carbocycles. The predicted octanol–water partition coefficient (Wildman–Crippen LogP) is 4.39. The summed E-state index contributed by atoms with van der Waals surface area (Å²) in [4.78, 5) is 0. The lowest BCUT2D eigenvalue weighted by Crippen LogP contribution is -2.11. The largest absolute Gasteiger partial charge is 0.313 e. The summed E-state index contributed by atoms with van der Waals surface area (Å²) < 4.78 is 26.9. The summed E-state index contributed by atoms with van der Waals surface area (Å²) in [5.41, 5.74) is 1.73. The van der Waals surface area contributed by atoms with E-state index in [4.69, 9.17) is 11.6 Å². The van der Waals surface area contributed by atoms with E-state index < -0.39 is 11.6 Å². The molecule has 100 valence electrons. The van der Waals surface area contributed by atoms with E-state index in [1.807, 2.05) is 13.0 Å². The monoisotopic (exact) mass is 281 g/mol. The molecule has 0 amide bonds. The van der Waals surface area contributed by atoms with Crippen LogP contribution in [0.4, 0.5) is 8.78 Å². The van der Waals surface area contributed by atoms with E-state index in [0.717, 1.165) is 18.2 Å². The molecule has 4 heteroatoms. The quantitative estimate of drug-likeness (QED) is 0.876. The first kappa shape index (κ1) is 14.0. The lowest BCUT2D eigenvalue weighted by molar-refractivity contribution is 0.511. The molecule has 0 aliphatic carbocycles. The standard InChI is InChI=1S/C15H14ClF2N/c1-2-19-9-11-7-6-10(8-13(11)16)12-4-3-5-14(17)15(12)18/h3-8,19H,2,9H2,1H3. The van der Waals surface area contributed by atoms with Crippen LogP contribution in [0.15, 0.2) is 36.4 Å². The molecule has 0 atom stereocenters. The fraction of sp³-hybridized carbons (Fsp3) is 0.200. The van der Waals surface area contributed by atoms with E-state index in [2.05, 4.69) is 5.32 Å². The van der Waals surface area contributed by atoms with E-state index >= 15 is 0 Å². The SMILES string of the molecule is CCNCc1ccc(-c2cccc(F)c2F)cc1Cl. The molecule has 1 N–H and O–H groups in total. The normalized spacial score (nSPS) is 10.7. The van der Waals surface area contributed by atoms with Gasteiger partial charge in [0.1, 0.15) is 0 Å². The Labute approximate surface area is 116 Å². The molecule has 0 aromatic heterocycles. The van der Waals surface area contributed by atoms with Crippen molar-refractivity contribution in [3.8, 4) is 11.1 Å². The smallest absolute Gasteiger partial charge is 0.166 e. The summed E-state index contributed by atoms with van der Waals surface area (Å²) in [5, 5.41) is 3.71. The zero-order valence-electron chi connectivity index (χ0n) is 10.5. The van der Waals surface area contributed by atoms with Crippen LogP contribution in [0.2, 0.25) is 5.02 Å². The maximum Gasteiger partial charge on any atom is 0.166 e. The summed E-state index contributed by atoms with van der Waals surface area (Å²) in [7, 11) is 0. The molecule has 2 aromatic rings. The molecule has 0 heterocycles. The molecule has 0 bridgehead atoms. The number of hydrogen-bond acceptors (Lipinski definition) is 1. The Morgan fingerprint density at radius 3 is 2.63 bits per heavy atom. The third-order valence-corrected chi connectivity index (χ3v) is 3.23. The highest BCUT2D eigenvalue weighted by Gasteiger charge is 2.11. The van der Waals surface area contributed by atoms with Crippen LogP contribution in [-0.4, -0.2) is 6.54 Å². The van der Waals surface area contributed by atoms with Gasteiger partial charge in [0, 0.05) is 17.1 Å². The highest BCUT2D eigenvalue weighted by Crippen LogP contribution is 2.28. The first-order valence-electron chi connectivity index (χ1n) is 6.07. The Bertz CT molecular complexity index is 584. The van der Waals surface area contributed by atoms with Crippen LogP contribution >= 0.6 is 11.6 Å². The van der Waals surface area contributed by atoms with Gasteiger partial charge in [-0.15, -0.1) is 0 Å². The van der Waals surface area contributed by atoms with Gasteiger partial charge in [-0.1, -0.05) is 42.8 Å². The molecule has 0 aliphatic rings. The molecule has 1 nitrogen and oxygen atoms in total. The molecule has 2 rings (SSSR count). The highest BCUT2D eigenvalue weighted by molar-refractivity contribution is 6.31. The zero-order valence-corrected chi connectivity index (χ0v) is 11.3. The summed E-state index contributed by atoms with van der Waals surface area (Å²) >= 11 is 6.15. The minimum absolute atomic E-state index is 0.219. The van der Waals surface area contributed by atoms with E-state index in [1.54, 1.807) is 12.1 Å². The fourth-order valence-electron chi connectivity index (χ4n) is 1.84.